The van der Waals surface area contributed by atoms with E-state index in [4.69, 9.17) is 4.74 Å². The molecule has 1 unspecified atom stereocenters. The third-order valence-corrected chi connectivity index (χ3v) is 6.86. The second-order valence-electron chi connectivity index (χ2n) is 8.99. The molecular weight excluding hydrogens is 406 g/mol. The third-order valence-electron chi connectivity index (χ3n) is 6.86. The number of methoxy groups -OCH3 is 1. The quantitative estimate of drug-likeness (QED) is 0.390. The monoisotopic (exact) mass is 437 g/mol. The molecule has 1 N–H and O–H groups in total. The third kappa shape index (κ3) is 3.75. The van der Waals surface area contributed by atoms with Crippen molar-refractivity contribution >= 4 is 17.7 Å². The minimum absolute atomic E-state index is 0.238. The number of amides is 3. The Morgan fingerprint density at radius 2 is 1.91 bits per heavy atom. The van der Waals surface area contributed by atoms with Crippen LogP contribution in [0.2, 0.25) is 0 Å². The molecule has 0 radical (unpaired) electrons. The number of urea groups is 1. The maximum atomic E-state index is 13.3. The van der Waals surface area contributed by atoms with Gasteiger partial charge in [0, 0.05) is 37.2 Å². The SMILES string of the molecule is COCCCn1c(C)cc(C(=O)CN2C(=O)NC(C)(c3ccc4c(c3)CCC4)C2=O)c1C. The van der Waals surface area contributed by atoms with Gasteiger partial charge in [0.05, 0.1) is 6.54 Å². The predicted octanol–water partition coefficient (Wildman–Crippen LogP) is 3.28. The normalized spacial score (nSPS) is 20.1. The summed E-state index contributed by atoms with van der Waals surface area (Å²) in [5.74, 6) is -0.625. The molecule has 1 aliphatic heterocycles. The van der Waals surface area contributed by atoms with Crippen molar-refractivity contribution in [2.75, 3.05) is 20.3 Å². The molecule has 0 saturated carbocycles. The van der Waals surface area contributed by atoms with Gasteiger partial charge >= 0.3 is 6.03 Å². The molecule has 32 heavy (non-hydrogen) atoms. The Hall–Kier alpha value is -2.93. The molecule has 2 aromatic rings. The number of rotatable bonds is 8. The van der Waals surface area contributed by atoms with E-state index in [1.54, 1.807) is 14.0 Å². The molecule has 7 nitrogen and oxygen atoms in total. The summed E-state index contributed by atoms with van der Waals surface area (Å²) in [7, 11) is 1.67. The van der Waals surface area contributed by atoms with E-state index in [1.807, 2.05) is 32.0 Å². The zero-order valence-electron chi connectivity index (χ0n) is 19.3. The standard InChI is InChI=1S/C25H31N3O4/c1-16-13-21(17(2)27(16)11-6-12-32-4)22(29)15-28-23(30)25(3,26-24(28)31)20-10-9-18-7-5-8-19(18)14-20/h9-10,13-14H,5-8,11-12,15H2,1-4H3,(H,26,31). The zero-order valence-corrected chi connectivity index (χ0v) is 19.3. The molecule has 1 saturated heterocycles. The minimum atomic E-state index is -1.16. The van der Waals surface area contributed by atoms with Crippen molar-refractivity contribution in [1.29, 1.82) is 0 Å². The van der Waals surface area contributed by atoms with Crippen LogP contribution in [-0.4, -0.2) is 47.4 Å². The smallest absolute Gasteiger partial charge is 0.325 e. The van der Waals surface area contributed by atoms with Gasteiger partial charge in [0.15, 0.2) is 5.78 Å². The van der Waals surface area contributed by atoms with E-state index in [0.717, 1.165) is 54.1 Å². The number of carbonyl (C=O) groups excluding carboxylic acids is 3. The van der Waals surface area contributed by atoms with E-state index in [2.05, 4.69) is 16.0 Å². The first-order valence-corrected chi connectivity index (χ1v) is 11.2. The van der Waals surface area contributed by atoms with Gasteiger partial charge in [0.2, 0.25) is 0 Å². The number of hydrogen-bond acceptors (Lipinski definition) is 4. The molecule has 0 spiro atoms. The van der Waals surface area contributed by atoms with Crippen molar-refractivity contribution in [2.45, 2.75) is 58.5 Å². The van der Waals surface area contributed by atoms with Crippen LogP contribution >= 0.6 is 0 Å². The Balaban J connectivity index is 1.53. The van der Waals surface area contributed by atoms with Crippen LogP contribution < -0.4 is 5.32 Å². The largest absolute Gasteiger partial charge is 0.385 e. The maximum absolute atomic E-state index is 13.3. The number of benzene rings is 1. The number of nitrogens with one attached hydrogen (secondary N) is 1. The van der Waals surface area contributed by atoms with Crippen LogP contribution in [0.5, 0.6) is 0 Å². The van der Waals surface area contributed by atoms with Crippen LogP contribution in [-0.2, 0) is 34.5 Å². The van der Waals surface area contributed by atoms with E-state index >= 15 is 0 Å². The van der Waals surface area contributed by atoms with E-state index in [1.165, 1.54) is 11.1 Å². The number of Topliss-reactive ketones (excluding diaryl/α,β-unsaturated/α-hetero) is 1. The highest BCUT2D eigenvalue weighted by molar-refractivity contribution is 6.11. The molecule has 4 rings (SSSR count). The number of imide groups is 1. The van der Waals surface area contributed by atoms with Gasteiger partial charge in [-0.05, 0) is 69.2 Å². The van der Waals surface area contributed by atoms with Crippen molar-refractivity contribution in [3.63, 3.8) is 0 Å². The van der Waals surface area contributed by atoms with Crippen LogP contribution in [0.25, 0.3) is 0 Å². The molecule has 2 heterocycles. The second-order valence-corrected chi connectivity index (χ2v) is 8.99. The lowest BCUT2D eigenvalue weighted by atomic mass is 9.89. The van der Waals surface area contributed by atoms with Gasteiger partial charge in [-0.1, -0.05) is 18.2 Å². The summed E-state index contributed by atoms with van der Waals surface area (Å²) in [4.78, 5) is 40.2. The first-order valence-electron chi connectivity index (χ1n) is 11.2. The number of ketones is 1. The van der Waals surface area contributed by atoms with Crippen LogP contribution in [0.4, 0.5) is 4.79 Å². The summed E-state index contributed by atoms with van der Waals surface area (Å²) in [5.41, 5.74) is 4.52. The van der Waals surface area contributed by atoms with Gasteiger partial charge < -0.3 is 14.6 Å². The van der Waals surface area contributed by atoms with Gasteiger partial charge in [-0.15, -0.1) is 0 Å². The molecule has 1 aliphatic carbocycles. The summed E-state index contributed by atoms with van der Waals surface area (Å²) >= 11 is 0. The average molecular weight is 438 g/mol. The zero-order chi connectivity index (χ0) is 23.0. The van der Waals surface area contributed by atoms with Crippen LogP contribution in [0.1, 0.15) is 58.2 Å². The summed E-state index contributed by atoms with van der Waals surface area (Å²) < 4.78 is 7.20. The number of carbonyl (C=O) groups is 3. The topological polar surface area (TPSA) is 80.6 Å². The molecule has 2 aliphatic rings. The number of fused-ring (bicyclic) bond motifs is 1. The van der Waals surface area contributed by atoms with E-state index in [0.29, 0.717) is 12.2 Å². The number of hydrogen-bond donors (Lipinski definition) is 1. The Morgan fingerprint density at radius 3 is 2.66 bits per heavy atom. The van der Waals surface area contributed by atoms with E-state index in [-0.39, 0.29) is 18.2 Å². The lowest BCUT2D eigenvalue weighted by Crippen LogP contribution is -2.41. The second kappa shape index (κ2) is 8.54. The van der Waals surface area contributed by atoms with Crippen molar-refractivity contribution < 1.29 is 19.1 Å². The number of aryl methyl sites for hydroxylation is 3. The molecule has 7 heteroatoms. The maximum Gasteiger partial charge on any atom is 0.325 e. The lowest BCUT2D eigenvalue weighted by molar-refractivity contribution is -0.130. The van der Waals surface area contributed by atoms with Crippen molar-refractivity contribution in [2.24, 2.45) is 0 Å². The number of ether oxygens (including phenoxy) is 1. The van der Waals surface area contributed by atoms with E-state index in [9.17, 15) is 14.4 Å². The van der Waals surface area contributed by atoms with Crippen molar-refractivity contribution in [3.05, 3.63) is 57.9 Å². The summed E-state index contributed by atoms with van der Waals surface area (Å²) in [5, 5.41) is 2.83. The molecule has 1 aromatic heterocycles. The Morgan fingerprint density at radius 1 is 1.16 bits per heavy atom. The fourth-order valence-corrected chi connectivity index (χ4v) is 4.94. The first-order chi connectivity index (χ1) is 15.3. The van der Waals surface area contributed by atoms with E-state index < -0.39 is 11.6 Å². The molecule has 3 amide bonds. The highest BCUT2D eigenvalue weighted by atomic mass is 16.5. The van der Waals surface area contributed by atoms with Gasteiger partial charge in [0.25, 0.3) is 5.91 Å². The highest BCUT2D eigenvalue weighted by Crippen LogP contribution is 2.33. The predicted molar refractivity (Wildman–Crippen MR) is 121 cm³/mol. The molecular formula is C25H31N3O4. The van der Waals surface area contributed by atoms with Crippen LogP contribution in [0.15, 0.2) is 24.3 Å². The number of aromatic nitrogens is 1. The van der Waals surface area contributed by atoms with Gasteiger partial charge in [0.1, 0.15) is 5.54 Å². The summed E-state index contributed by atoms with van der Waals surface area (Å²) in [6, 6.07) is 7.30. The Kier molecular flexibility index (Phi) is 5.95. The Labute approximate surface area is 188 Å². The lowest BCUT2D eigenvalue weighted by Gasteiger charge is -2.23. The highest BCUT2D eigenvalue weighted by Gasteiger charge is 2.49. The molecule has 1 aromatic carbocycles. The van der Waals surface area contributed by atoms with Crippen molar-refractivity contribution in [3.8, 4) is 0 Å². The average Bonchev–Trinajstić information content (AvgIpc) is 3.41. The minimum Gasteiger partial charge on any atom is -0.385 e. The fraction of sp³-hybridized carbons (Fsp3) is 0.480. The van der Waals surface area contributed by atoms with Crippen LogP contribution in [0.3, 0.4) is 0 Å². The van der Waals surface area contributed by atoms with Gasteiger partial charge in [-0.25, -0.2) is 4.79 Å². The first kappa shape index (κ1) is 22.3. The fourth-order valence-electron chi connectivity index (χ4n) is 4.94. The molecule has 0 bridgehead atoms. The van der Waals surface area contributed by atoms with Crippen LogP contribution in [0, 0.1) is 13.8 Å². The Bertz CT molecular complexity index is 1090. The van der Waals surface area contributed by atoms with Gasteiger partial charge in [-0.3, -0.25) is 14.5 Å². The summed E-state index contributed by atoms with van der Waals surface area (Å²) in [6.07, 6.45) is 3.99. The molecule has 1 fully saturated rings. The molecule has 170 valence electrons. The molecule has 1 atom stereocenters. The number of nitrogens with zero attached hydrogens (tertiary/aromatic N) is 2. The van der Waals surface area contributed by atoms with Crippen molar-refractivity contribution in [1.82, 2.24) is 14.8 Å². The summed E-state index contributed by atoms with van der Waals surface area (Å²) in [6.45, 7) is 6.69. The van der Waals surface area contributed by atoms with Gasteiger partial charge in [-0.2, -0.15) is 0 Å².